The van der Waals surface area contributed by atoms with Crippen molar-refractivity contribution in [2.75, 3.05) is 13.1 Å². The number of carboxylic acids is 1. The number of carbonyl (C=O) groups is 2. The summed E-state index contributed by atoms with van der Waals surface area (Å²) in [4.78, 5) is 21.8. The first-order chi connectivity index (χ1) is 8.45. The molecule has 0 aromatic heterocycles. The second-order valence-corrected chi connectivity index (χ2v) is 5.24. The summed E-state index contributed by atoms with van der Waals surface area (Å²) in [6.45, 7) is 6.58. The maximum atomic E-state index is 11.3. The van der Waals surface area contributed by atoms with Gasteiger partial charge in [-0.15, -0.1) is 0 Å². The second kappa shape index (κ2) is 9.94. The van der Waals surface area contributed by atoms with Gasteiger partial charge in [-0.05, 0) is 18.8 Å². The number of hydrogen-bond acceptors (Lipinski definition) is 2. The minimum Gasteiger partial charge on any atom is -0.481 e. The van der Waals surface area contributed by atoms with Crippen LogP contribution in [0.4, 0.5) is 4.79 Å². The predicted molar refractivity (Wildman–Crippen MR) is 74.7 cm³/mol. The average molecular weight is 321 g/mol. The number of nitrogens with one attached hydrogen (secondary N) is 2. The van der Waals surface area contributed by atoms with E-state index in [9.17, 15) is 9.59 Å². The van der Waals surface area contributed by atoms with Crippen LogP contribution in [0.1, 0.15) is 32.6 Å². The molecule has 0 aromatic rings. The van der Waals surface area contributed by atoms with Crippen LogP contribution in [0.25, 0.3) is 0 Å². The lowest BCUT2D eigenvalue weighted by Gasteiger charge is -2.14. The molecule has 0 radical (unpaired) electrons. The average Bonchev–Trinajstić information content (AvgIpc) is 2.30. The Hall–Kier alpha value is -1.04. The number of urea groups is 1. The van der Waals surface area contributed by atoms with Crippen molar-refractivity contribution in [3.8, 4) is 0 Å². The number of carboxylic acid groups (broad SMARTS) is 1. The van der Waals surface area contributed by atoms with Crippen molar-refractivity contribution in [3.63, 3.8) is 0 Å². The van der Waals surface area contributed by atoms with Crippen molar-refractivity contribution in [2.45, 2.75) is 32.6 Å². The molecule has 0 spiro atoms. The standard InChI is InChI=1S/C12H21BrN2O3/c1-3-10(4-5-11(16)17)6-7-14-12(18)15-8-9(2)13/h10H,2-8H2,1H3,(H,16,17)(H2,14,15,18). The van der Waals surface area contributed by atoms with E-state index in [2.05, 4.69) is 33.1 Å². The van der Waals surface area contributed by atoms with E-state index in [1.54, 1.807) is 0 Å². The largest absolute Gasteiger partial charge is 0.481 e. The monoisotopic (exact) mass is 320 g/mol. The van der Waals surface area contributed by atoms with Gasteiger partial charge >= 0.3 is 12.0 Å². The van der Waals surface area contributed by atoms with Crippen LogP contribution in [0.5, 0.6) is 0 Å². The molecule has 1 atom stereocenters. The van der Waals surface area contributed by atoms with Gasteiger partial charge in [0.15, 0.2) is 0 Å². The van der Waals surface area contributed by atoms with Gasteiger partial charge in [-0.2, -0.15) is 0 Å². The van der Waals surface area contributed by atoms with Gasteiger partial charge in [-0.25, -0.2) is 4.79 Å². The van der Waals surface area contributed by atoms with E-state index in [4.69, 9.17) is 5.11 Å². The molecule has 5 nitrogen and oxygen atoms in total. The maximum absolute atomic E-state index is 11.3. The fourth-order valence-corrected chi connectivity index (χ4v) is 1.65. The molecule has 0 fully saturated rings. The Morgan fingerprint density at radius 3 is 2.50 bits per heavy atom. The van der Waals surface area contributed by atoms with E-state index in [1.807, 2.05) is 6.92 Å². The molecule has 0 aliphatic rings. The Kier molecular flexibility index (Phi) is 9.36. The molecule has 0 rings (SSSR count). The molecular formula is C12H21BrN2O3. The highest BCUT2D eigenvalue weighted by atomic mass is 79.9. The molecule has 3 N–H and O–H groups in total. The third-order valence-electron chi connectivity index (χ3n) is 2.62. The molecule has 0 bridgehead atoms. The van der Waals surface area contributed by atoms with Gasteiger partial charge in [0.2, 0.25) is 0 Å². The lowest BCUT2D eigenvalue weighted by Crippen LogP contribution is -2.37. The fraction of sp³-hybridized carbons (Fsp3) is 0.667. The summed E-state index contributed by atoms with van der Waals surface area (Å²) >= 11 is 3.15. The summed E-state index contributed by atoms with van der Waals surface area (Å²) in [5.41, 5.74) is 0. The minimum absolute atomic E-state index is 0.189. The van der Waals surface area contributed by atoms with Crippen molar-refractivity contribution >= 4 is 27.9 Å². The van der Waals surface area contributed by atoms with Gasteiger partial charge in [-0.3, -0.25) is 4.79 Å². The van der Waals surface area contributed by atoms with Crippen LogP contribution < -0.4 is 10.6 Å². The number of rotatable bonds is 9. The Morgan fingerprint density at radius 2 is 2.00 bits per heavy atom. The highest BCUT2D eigenvalue weighted by Crippen LogP contribution is 2.14. The zero-order valence-corrected chi connectivity index (χ0v) is 12.3. The first-order valence-electron chi connectivity index (χ1n) is 6.02. The number of hydrogen-bond donors (Lipinski definition) is 3. The van der Waals surface area contributed by atoms with Gasteiger partial charge in [0.25, 0.3) is 0 Å². The summed E-state index contributed by atoms with van der Waals surface area (Å²) in [7, 11) is 0. The lowest BCUT2D eigenvalue weighted by molar-refractivity contribution is -0.137. The molecule has 0 aliphatic heterocycles. The first-order valence-corrected chi connectivity index (χ1v) is 6.81. The summed E-state index contributed by atoms with van der Waals surface area (Å²) < 4.78 is 0.713. The van der Waals surface area contributed by atoms with Crippen LogP contribution in [0, 0.1) is 5.92 Å². The topological polar surface area (TPSA) is 78.4 Å². The third-order valence-corrected chi connectivity index (χ3v) is 2.90. The predicted octanol–water partition coefficient (Wildman–Crippen LogP) is 2.48. The fourth-order valence-electron chi connectivity index (χ4n) is 1.51. The van der Waals surface area contributed by atoms with Crippen LogP contribution in [0.3, 0.4) is 0 Å². The van der Waals surface area contributed by atoms with Crippen LogP contribution in [0.15, 0.2) is 11.1 Å². The van der Waals surface area contributed by atoms with E-state index in [-0.39, 0.29) is 12.5 Å². The molecule has 0 saturated heterocycles. The second-order valence-electron chi connectivity index (χ2n) is 4.12. The first kappa shape index (κ1) is 17.0. The van der Waals surface area contributed by atoms with E-state index < -0.39 is 5.97 Å². The van der Waals surface area contributed by atoms with Crippen molar-refractivity contribution in [1.82, 2.24) is 10.6 Å². The Morgan fingerprint density at radius 1 is 1.33 bits per heavy atom. The van der Waals surface area contributed by atoms with Crippen LogP contribution in [-0.4, -0.2) is 30.2 Å². The minimum atomic E-state index is -0.769. The summed E-state index contributed by atoms with van der Waals surface area (Å²) in [6.07, 6.45) is 2.57. The molecule has 104 valence electrons. The molecule has 0 aliphatic carbocycles. The highest BCUT2D eigenvalue weighted by Gasteiger charge is 2.09. The molecule has 2 amide bonds. The van der Waals surface area contributed by atoms with Crippen molar-refractivity contribution < 1.29 is 14.7 Å². The number of amides is 2. The zero-order chi connectivity index (χ0) is 14.0. The Bertz CT molecular complexity index is 295. The molecule has 6 heteroatoms. The molecule has 1 unspecified atom stereocenters. The van der Waals surface area contributed by atoms with Gasteiger partial charge < -0.3 is 15.7 Å². The molecule has 0 aromatic carbocycles. The van der Waals surface area contributed by atoms with Crippen LogP contribution in [0.2, 0.25) is 0 Å². The summed E-state index contributed by atoms with van der Waals surface area (Å²) in [5, 5.41) is 14.0. The zero-order valence-electron chi connectivity index (χ0n) is 10.7. The van der Waals surface area contributed by atoms with E-state index in [1.165, 1.54) is 0 Å². The van der Waals surface area contributed by atoms with Crippen molar-refractivity contribution in [2.24, 2.45) is 5.92 Å². The van der Waals surface area contributed by atoms with Gasteiger partial charge in [-0.1, -0.05) is 35.9 Å². The molecule has 0 saturated carbocycles. The molecule has 18 heavy (non-hydrogen) atoms. The third kappa shape index (κ3) is 10.1. The smallest absolute Gasteiger partial charge is 0.315 e. The Balaban J connectivity index is 3.69. The number of aliphatic carboxylic acids is 1. The number of carbonyl (C=O) groups excluding carboxylic acids is 1. The normalized spacial score (nSPS) is 11.7. The Labute approximate surface area is 116 Å². The van der Waals surface area contributed by atoms with Gasteiger partial charge in [0.1, 0.15) is 0 Å². The van der Waals surface area contributed by atoms with E-state index in [0.717, 1.165) is 12.8 Å². The van der Waals surface area contributed by atoms with Gasteiger partial charge in [0.05, 0.1) is 6.54 Å². The SMILES string of the molecule is C=C(Br)CNC(=O)NCCC(CC)CCC(=O)O. The van der Waals surface area contributed by atoms with Gasteiger partial charge in [0, 0.05) is 17.4 Å². The van der Waals surface area contributed by atoms with E-state index >= 15 is 0 Å². The quantitative estimate of drug-likeness (QED) is 0.610. The van der Waals surface area contributed by atoms with Crippen LogP contribution >= 0.6 is 15.9 Å². The number of halogens is 1. The van der Waals surface area contributed by atoms with Crippen molar-refractivity contribution in [1.29, 1.82) is 0 Å². The summed E-state index contributed by atoms with van der Waals surface area (Å²) in [6, 6.07) is -0.233. The highest BCUT2D eigenvalue weighted by molar-refractivity contribution is 9.11. The maximum Gasteiger partial charge on any atom is 0.315 e. The lowest BCUT2D eigenvalue weighted by atomic mass is 9.97. The molecular weight excluding hydrogens is 300 g/mol. The van der Waals surface area contributed by atoms with Crippen LogP contribution in [-0.2, 0) is 4.79 Å². The molecule has 0 heterocycles. The summed E-state index contributed by atoms with van der Waals surface area (Å²) in [5.74, 6) is -0.428. The van der Waals surface area contributed by atoms with E-state index in [0.29, 0.717) is 29.9 Å². The van der Waals surface area contributed by atoms with Crippen molar-refractivity contribution in [3.05, 3.63) is 11.1 Å².